The molecule has 1 atom stereocenters. The summed E-state index contributed by atoms with van der Waals surface area (Å²) in [6, 6.07) is -0.0782. The van der Waals surface area contributed by atoms with Crippen LogP contribution in [0.2, 0.25) is 0 Å². The van der Waals surface area contributed by atoms with Gasteiger partial charge >= 0.3 is 0 Å². The Kier molecular flexibility index (Phi) is 7.07. The van der Waals surface area contributed by atoms with Gasteiger partial charge in [-0.05, 0) is 5.92 Å². The molecule has 0 aromatic heterocycles. The monoisotopic (exact) mass is 246 g/mol. The van der Waals surface area contributed by atoms with E-state index in [1.54, 1.807) is 7.05 Å². The molecule has 0 rings (SSSR count). The molecular weight excluding hydrogens is 220 g/mol. The molecule has 0 aromatic rings. The molecule has 0 aliphatic carbocycles. The summed E-state index contributed by atoms with van der Waals surface area (Å²) in [7, 11) is 1.68. The maximum Gasteiger partial charge on any atom is 0.237 e. The zero-order chi connectivity index (χ0) is 12.8. The lowest BCUT2D eigenvalue weighted by Crippen LogP contribution is -2.47. The molecule has 0 aliphatic rings. The van der Waals surface area contributed by atoms with E-state index in [1.807, 2.05) is 11.8 Å². The van der Waals surface area contributed by atoms with E-state index in [4.69, 9.17) is 0 Å². The van der Waals surface area contributed by atoms with Gasteiger partial charge in [-0.3, -0.25) is 4.79 Å². The molecule has 0 aromatic carbocycles. The Hall–Kier alpha value is -0.220. The van der Waals surface area contributed by atoms with Gasteiger partial charge in [0.25, 0.3) is 0 Å². The van der Waals surface area contributed by atoms with E-state index in [0.29, 0.717) is 10.7 Å². The molecule has 1 unspecified atom stereocenters. The normalized spacial score (nSPS) is 13.9. The minimum Gasteiger partial charge on any atom is -0.358 e. The molecule has 4 heteroatoms. The fourth-order valence-electron chi connectivity index (χ4n) is 1.36. The van der Waals surface area contributed by atoms with Gasteiger partial charge in [0.1, 0.15) is 0 Å². The fraction of sp³-hybridized carbons (Fsp3) is 0.917. The summed E-state index contributed by atoms with van der Waals surface area (Å²) in [6.07, 6.45) is 0. The summed E-state index contributed by atoms with van der Waals surface area (Å²) in [4.78, 5) is 11.6. The van der Waals surface area contributed by atoms with Crippen molar-refractivity contribution in [1.82, 2.24) is 10.6 Å². The predicted molar refractivity (Wildman–Crippen MR) is 72.9 cm³/mol. The maximum absolute atomic E-state index is 11.6. The number of nitrogens with one attached hydrogen (secondary N) is 2. The van der Waals surface area contributed by atoms with E-state index in [-0.39, 0.29) is 11.9 Å². The van der Waals surface area contributed by atoms with Crippen molar-refractivity contribution in [2.24, 2.45) is 5.92 Å². The van der Waals surface area contributed by atoms with Crippen molar-refractivity contribution in [2.45, 2.75) is 45.4 Å². The van der Waals surface area contributed by atoms with Crippen molar-refractivity contribution >= 4 is 17.7 Å². The standard InChI is InChI=1S/C12H26N2OS/c1-9(2)10(11(15)13-6)14-7-8-16-12(3,4)5/h9-10,14H,7-8H2,1-6H3,(H,13,15). The summed E-state index contributed by atoms with van der Waals surface area (Å²) in [5.41, 5.74) is 0. The largest absolute Gasteiger partial charge is 0.358 e. The summed E-state index contributed by atoms with van der Waals surface area (Å²) in [5.74, 6) is 1.43. The van der Waals surface area contributed by atoms with Crippen LogP contribution in [-0.4, -0.2) is 36.0 Å². The van der Waals surface area contributed by atoms with Gasteiger partial charge in [0, 0.05) is 24.1 Å². The highest BCUT2D eigenvalue weighted by Gasteiger charge is 2.20. The van der Waals surface area contributed by atoms with Gasteiger partial charge < -0.3 is 10.6 Å². The Morgan fingerprint density at radius 1 is 1.31 bits per heavy atom. The molecular formula is C12H26N2OS. The van der Waals surface area contributed by atoms with Crippen LogP contribution in [0.1, 0.15) is 34.6 Å². The first-order chi connectivity index (χ1) is 7.28. The van der Waals surface area contributed by atoms with E-state index in [9.17, 15) is 4.79 Å². The predicted octanol–water partition coefficient (Wildman–Crippen LogP) is 1.88. The van der Waals surface area contributed by atoms with Gasteiger partial charge in [-0.15, -0.1) is 0 Å². The van der Waals surface area contributed by atoms with Gasteiger partial charge in [0.05, 0.1) is 6.04 Å². The van der Waals surface area contributed by atoms with E-state index in [1.165, 1.54) is 0 Å². The molecule has 0 radical (unpaired) electrons. The molecule has 1 amide bonds. The second kappa shape index (κ2) is 7.17. The van der Waals surface area contributed by atoms with Gasteiger partial charge in [-0.25, -0.2) is 0 Å². The number of carbonyl (C=O) groups is 1. The topological polar surface area (TPSA) is 41.1 Å². The van der Waals surface area contributed by atoms with Crippen LogP contribution < -0.4 is 10.6 Å². The van der Waals surface area contributed by atoms with E-state index in [0.717, 1.165) is 12.3 Å². The quantitative estimate of drug-likeness (QED) is 0.703. The first-order valence-electron chi connectivity index (χ1n) is 5.87. The highest BCUT2D eigenvalue weighted by molar-refractivity contribution is 8.00. The number of thioether (sulfide) groups is 1. The molecule has 0 saturated carbocycles. The first kappa shape index (κ1) is 15.8. The third-order valence-electron chi connectivity index (χ3n) is 2.20. The number of rotatable bonds is 6. The van der Waals surface area contributed by atoms with Gasteiger partial charge in [0.2, 0.25) is 5.91 Å². The summed E-state index contributed by atoms with van der Waals surface area (Å²) in [5, 5.41) is 6.00. The van der Waals surface area contributed by atoms with Crippen molar-refractivity contribution in [3.05, 3.63) is 0 Å². The number of hydrogen-bond donors (Lipinski definition) is 2. The molecule has 0 bridgehead atoms. The second-order valence-corrected chi connectivity index (χ2v) is 7.17. The number of hydrogen-bond acceptors (Lipinski definition) is 3. The molecule has 0 heterocycles. The van der Waals surface area contributed by atoms with Crippen LogP contribution in [0.3, 0.4) is 0 Å². The average molecular weight is 246 g/mol. The van der Waals surface area contributed by atoms with Gasteiger partial charge in [-0.2, -0.15) is 11.8 Å². The Morgan fingerprint density at radius 2 is 1.88 bits per heavy atom. The van der Waals surface area contributed by atoms with Crippen LogP contribution in [0.25, 0.3) is 0 Å². The zero-order valence-electron chi connectivity index (χ0n) is 11.4. The fourth-order valence-corrected chi connectivity index (χ4v) is 2.19. The smallest absolute Gasteiger partial charge is 0.237 e. The van der Waals surface area contributed by atoms with Crippen LogP contribution in [-0.2, 0) is 4.79 Å². The second-order valence-electron chi connectivity index (χ2n) is 5.25. The molecule has 96 valence electrons. The average Bonchev–Trinajstić information content (AvgIpc) is 2.14. The molecule has 3 nitrogen and oxygen atoms in total. The number of likely N-dealkylation sites (N-methyl/N-ethyl adjacent to an activating group) is 1. The van der Waals surface area contributed by atoms with Crippen LogP contribution >= 0.6 is 11.8 Å². The van der Waals surface area contributed by atoms with Crippen molar-refractivity contribution in [1.29, 1.82) is 0 Å². The zero-order valence-corrected chi connectivity index (χ0v) is 12.2. The van der Waals surface area contributed by atoms with Crippen LogP contribution in [0.5, 0.6) is 0 Å². The third kappa shape index (κ3) is 7.12. The Bertz CT molecular complexity index is 212. The van der Waals surface area contributed by atoms with Gasteiger partial charge in [0.15, 0.2) is 0 Å². The number of carbonyl (C=O) groups excluding carboxylic acids is 1. The Morgan fingerprint density at radius 3 is 2.25 bits per heavy atom. The summed E-state index contributed by atoms with van der Waals surface area (Å²) >= 11 is 1.91. The molecule has 0 spiro atoms. The van der Waals surface area contributed by atoms with Crippen molar-refractivity contribution in [2.75, 3.05) is 19.3 Å². The van der Waals surface area contributed by atoms with Crippen molar-refractivity contribution in [3.8, 4) is 0 Å². The lowest BCUT2D eigenvalue weighted by atomic mass is 10.0. The lowest BCUT2D eigenvalue weighted by molar-refractivity contribution is -0.123. The molecule has 16 heavy (non-hydrogen) atoms. The summed E-state index contributed by atoms with van der Waals surface area (Å²) < 4.78 is 0.294. The molecule has 2 N–H and O–H groups in total. The van der Waals surface area contributed by atoms with E-state index < -0.39 is 0 Å². The van der Waals surface area contributed by atoms with Crippen LogP contribution in [0.15, 0.2) is 0 Å². The lowest BCUT2D eigenvalue weighted by Gasteiger charge is -2.22. The minimum absolute atomic E-state index is 0.0782. The number of amides is 1. The molecule has 0 saturated heterocycles. The highest BCUT2D eigenvalue weighted by atomic mass is 32.2. The van der Waals surface area contributed by atoms with Crippen molar-refractivity contribution < 1.29 is 4.79 Å². The van der Waals surface area contributed by atoms with E-state index in [2.05, 4.69) is 45.3 Å². The van der Waals surface area contributed by atoms with Crippen LogP contribution in [0.4, 0.5) is 0 Å². The van der Waals surface area contributed by atoms with Crippen LogP contribution in [0, 0.1) is 5.92 Å². The first-order valence-corrected chi connectivity index (χ1v) is 6.85. The maximum atomic E-state index is 11.6. The minimum atomic E-state index is -0.0782. The molecule has 0 fully saturated rings. The van der Waals surface area contributed by atoms with Crippen molar-refractivity contribution in [3.63, 3.8) is 0 Å². The SMILES string of the molecule is CNC(=O)C(NCCSC(C)(C)C)C(C)C. The van der Waals surface area contributed by atoms with E-state index >= 15 is 0 Å². The molecule has 0 aliphatic heterocycles. The highest BCUT2D eigenvalue weighted by Crippen LogP contribution is 2.22. The Labute approximate surface area is 104 Å². The Balaban J connectivity index is 3.91. The van der Waals surface area contributed by atoms with Gasteiger partial charge in [-0.1, -0.05) is 34.6 Å². The summed E-state index contributed by atoms with van der Waals surface area (Å²) in [6.45, 7) is 11.6. The third-order valence-corrected chi connectivity index (χ3v) is 3.47.